The first-order valence-corrected chi connectivity index (χ1v) is 8.87. The molecule has 140 valence electrons. The van der Waals surface area contributed by atoms with Crippen molar-refractivity contribution in [3.8, 4) is 11.1 Å². The average molecular weight is 366 g/mol. The van der Waals surface area contributed by atoms with Crippen molar-refractivity contribution < 1.29 is 19.1 Å². The molecule has 2 amide bonds. The SMILES string of the molecule is CC(=O)C(CCC(N)=O)NC(=O)OCC1c2ccccc2-c2ccccc21. The molecule has 0 heterocycles. The minimum absolute atomic E-state index is 0.0217. The van der Waals surface area contributed by atoms with Crippen LogP contribution >= 0.6 is 0 Å². The number of nitrogens with one attached hydrogen (secondary N) is 1. The monoisotopic (exact) mass is 366 g/mol. The van der Waals surface area contributed by atoms with Crippen molar-refractivity contribution in [3.05, 3.63) is 59.7 Å². The lowest BCUT2D eigenvalue weighted by molar-refractivity contribution is -0.120. The Morgan fingerprint density at radius 3 is 2.11 bits per heavy atom. The molecule has 2 aromatic carbocycles. The van der Waals surface area contributed by atoms with Crippen LogP contribution in [-0.4, -0.2) is 30.4 Å². The van der Waals surface area contributed by atoms with E-state index in [4.69, 9.17) is 10.5 Å². The van der Waals surface area contributed by atoms with Gasteiger partial charge in [-0.05, 0) is 35.6 Å². The molecule has 3 N–H and O–H groups in total. The van der Waals surface area contributed by atoms with E-state index in [0.29, 0.717) is 0 Å². The number of rotatable bonds is 7. The minimum atomic E-state index is -0.784. The van der Waals surface area contributed by atoms with Gasteiger partial charge in [0.2, 0.25) is 5.91 Å². The number of ketones is 1. The van der Waals surface area contributed by atoms with E-state index in [1.54, 1.807) is 0 Å². The van der Waals surface area contributed by atoms with Crippen molar-refractivity contribution >= 4 is 17.8 Å². The zero-order valence-electron chi connectivity index (χ0n) is 15.1. The van der Waals surface area contributed by atoms with Crippen molar-refractivity contribution in [2.75, 3.05) is 6.61 Å². The number of fused-ring (bicyclic) bond motifs is 3. The first-order chi connectivity index (χ1) is 13.0. The Labute approximate surface area is 157 Å². The van der Waals surface area contributed by atoms with Crippen LogP contribution in [0.4, 0.5) is 4.79 Å². The summed E-state index contributed by atoms with van der Waals surface area (Å²) in [7, 11) is 0. The summed E-state index contributed by atoms with van der Waals surface area (Å²) in [6, 6.07) is 15.3. The Morgan fingerprint density at radius 2 is 1.59 bits per heavy atom. The summed E-state index contributed by atoms with van der Waals surface area (Å²) >= 11 is 0. The zero-order chi connectivity index (χ0) is 19.4. The van der Waals surface area contributed by atoms with Crippen LogP contribution in [0.25, 0.3) is 11.1 Å². The molecule has 6 heteroatoms. The maximum Gasteiger partial charge on any atom is 0.407 e. The molecule has 3 rings (SSSR count). The highest BCUT2D eigenvalue weighted by atomic mass is 16.5. The third kappa shape index (κ3) is 4.16. The summed E-state index contributed by atoms with van der Waals surface area (Å²) < 4.78 is 5.41. The molecule has 0 saturated carbocycles. The van der Waals surface area contributed by atoms with Gasteiger partial charge < -0.3 is 15.8 Å². The number of hydrogen-bond acceptors (Lipinski definition) is 4. The zero-order valence-corrected chi connectivity index (χ0v) is 15.1. The lowest BCUT2D eigenvalue weighted by Gasteiger charge is -2.18. The maximum absolute atomic E-state index is 12.2. The van der Waals surface area contributed by atoms with Gasteiger partial charge in [-0.1, -0.05) is 48.5 Å². The number of alkyl carbamates (subject to hydrolysis) is 1. The van der Waals surface area contributed by atoms with Crippen LogP contribution in [0.2, 0.25) is 0 Å². The molecule has 27 heavy (non-hydrogen) atoms. The first-order valence-electron chi connectivity index (χ1n) is 8.87. The molecule has 1 atom stereocenters. The molecule has 1 aliphatic rings. The van der Waals surface area contributed by atoms with Gasteiger partial charge in [0.25, 0.3) is 0 Å². The normalized spacial score (nSPS) is 13.4. The van der Waals surface area contributed by atoms with E-state index >= 15 is 0 Å². The number of benzene rings is 2. The molecular formula is C21H22N2O4. The summed E-state index contributed by atoms with van der Waals surface area (Å²) in [4.78, 5) is 34.8. The number of hydrogen-bond donors (Lipinski definition) is 2. The molecular weight excluding hydrogens is 344 g/mol. The third-order valence-electron chi connectivity index (χ3n) is 4.81. The lowest BCUT2D eigenvalue weighted by atomic mass is 9.98. The van der Waals surface area contributed by atoms with Gasteiger partial charge in [0.05, 0.1) is 6.04 Å². The number of ether oxygens (including phenoxy) is 1. The Bertz CT molecular complexity index is 832. The van der Waals surface area contributed by atoms with Crippen LogP contribution in [-0.2, 0) is 14.3 Å². The van der Waals surface area contributed by atoms with E-state index in [9.17, 15) is 14.4 Å². The Hall–Kier alpha value is -3.15. The van der Waals surface area contributed by atoms with Crippen LogP contribution < -0.4 is 11.1 Å². The highest BCUT2D eigenvalue weighted by Crippen LogP contribution is 2.44. The maximum atomic E-state index is 12.2. The fourth-order valence-electron chi connectivity index (χ4n) is 3.45. The smallest absolute Gasteiger partial charge is 0.407 e. The molecule has 0 bridgehead atoms. The summed E-state index contributed by atoms with van der Waals surface area (Å²) in [5.74, 6) is -0.815. The fourth-order valence-corrected chi connectivity index (χ4v) is 3.45. The van der Waals surface area contributed by atoms with Gasteiger partial charge in [0.15, 0.2) is 5.78 Å². The molecule has 0 saturated heterocycles. The van der Waals surface area contributed by atoms with E-state index in [-0.39, 0.29) is 31.1 Å². The first kappa shape index (κ1) is 18.6. The van der Waals surface area contributed by atoms with Gasteiger partial charge >= 0.3 is 6.09 Å². The molecule has 0 radical (unpaired) electrons. The summed E-state index contributed by atoms with van der Waals surface area (Å²) in [5.41, 5.74) is 9.63. The predicted molar refractivity (Wildman–Crippen MR) is 101 cm³/mol. The van der Waals surface area contributed by atoms with E-state index in [1.807, 2.05) is 36.4 Å². The van der Waals surface area contributed by atoms with E-state index in [2.05, 4.69) is 17.4 Å². The van der Waals surface area contributed by atoms with Crippen LogP contribution in [0, 0.1) is 0 Å². The standard InChI is InChI=1S/C21H22N2O4/c1-13(24)19(10-11-20(22)25)23-21(26)27-12-18-16-8-4-2-6-14(16)15-7-3-5-9-17(15)18/h2-9,18-19H,10-12H2,1H3,(H2,22,25)(H,23,26). The lowest BCUT2D eigenvalue weighted by Crippen LogP contribution is -2.41. The van der Waals surface area contributed by atoms with Crippen molar-refractivity contribution in [2.24, 2.45) is 5.73 Å². The van der Waals surface area contributed by atoms with Crippen molar-refractivity contribution in [3.63, 3.8) is 0 Å². The molecule has 0 spiro atoms. The van der Waals surface area contributed by atoms with Gasteiger partial charge in [-0.2, -0.15) is 0 Å². The summed E-state index contributed by atoms with van der Waals surface area (Å²) in [6.07, 6.45) is -0.496. The van der Waals surface area contributed by atoms with Gasteiger partial charge in [-0.3, -0.25) is 9.59 Å². The van der Waals surface area contributed by atoms with E-state index < -0.39 is 18.0 Å². The van der Waals surface area contributed by atoms with Crippen molar-refractivity contribution in [1.29, 1.82) is 0 Å². The third-order valence-corrected chi connectivity index (χ3v) is 4.81. The number of nitrogens with two attached hydrogens (primary N) is 1. The molecule has 6 nitrogen and oxygen atoms in total. The van der Waals surface area contributed by atoms with Crippen LogP contribution in [0.5, 0.6) is 0 Å². The molecule has 0 aromatic heterocycles. The van der Waals surface area contributed by atoms with Gasteiger partial charge in [0, 0.05) is 12.3 Å². The largest absolute Gasteiger partial charge is 0.449 e. The van der Waals surface area contributed by atoms with Crippen LogP contribution in [0.3, 0.4) is 0 Å². The van der Waals surface area contributed by atoms with Gasteiger partial charge in [-0.25, -0.2) is 4.79 Å². The molecule has 2 aromatic rings. The molecule has 1 unspecified atom stereocenters. The number of amides is 2. The van der Waals surface area contributed by atoms with Crippen LogP contribution in [0.1, 0.15) is 36.8 Å². The van der Waals surface area contributed by atoms with Crippen molar-refractivity contribution in [1.82, 2.24) is 5.32 Å². The minimum Gasteiger partial charge on any atom is -0.449 e. The van der Waals surface area contributed by atoms with Gasteiger partial charge in [-0.15, -0.1) is 0 Å². The summed E-state index contributed by atoms with van der Waals surface area (Å²) in [5, 5.41) is 2.53. The quantitative estimate of drug-likeness (QED) is 0.787. The Kier molecular flexibility index (Phi) is 5.54. The van der Waals surface area contributed by atoms with Gasteiger partial charge in [0.1, 0.15) is 6.61 Å². The Balaban J connectivity index is 1.67. The second-order valence-corrected chi connectivity index (χ2v) is 6.64. The topological polar surface area (TPSA) is 98.5 Å². The van der Waals surface area contributed by atoms with E-state index in [0.717, 1.165) is 22.3 Å². The molecule has 1 aliphatic carbocycles. The highest BCUT2D eigenvalue weighted by Gasteiger charge is 2.29. The van der Waals surface area contributed by atoms with Crippen LogP contribution in [0.15, 0.2) is 48.5 Å². The second-order valence-electron chi connectivity index (χ2n) is 6.64. The molecule has 0 fully saturated rings. The summed E-state index contributed by atoms with van der Waals surface area (Å²) in [6.45, 7) is 1.52. The highest BCUT2D eigenvalue weighted by molar-refractivity contribution is 5.86. The average Bonchev–Trinajstić information content (AvgIpc) is 2.97. The number of Topliss-reactive ketones (excluding diaryl/α,β-unsaturated/α-hetero) is 1. The number of carbonyl (C=O) groups excluding carboxylic acids is 3. The van der Waals surface area contributed by atoms with E-state index in [1.165, 1.54) is 6.92 Å². The Morgan fingerprint density at radius 1 is 1.04 bits per heavy atom. The predicted octanol–water partition coefficient (Wildman–Crippen LogP) is 2.75. The number of primary amides is 1. The number of carbonyl (C=O) groups is 3. The second kappa shape index (κ2) is 8.03. The van der Waals surface area contributed by atoms with Crippen molar-refractivity contribution in [2.45, 2.75) is 31.7 Å². The fraction of sp³-hybridized carbons (Fsp3) is 0.286. The molecule has 0 aliphatic heterocycles.